The van der Waals surface area contributed by atoms with Gasteiger partial charge in [-0.15, -0.1) is 0 Å². The number of benzene rings is 1. The maximum atomic E-state index is 12.4. The van der Waals surface area contributed by atoms with Crippen molar-refractivity contribution >= 4 is 27.7 Å². The molecule has 21 heavy (non-hydrogen) atoms. The number of rotatable bonds is 5. The number of halogens is 1. The molecule has 1 unspecified atom stereocenters. The summed E-state index contributed by atoms with van der Waals surface area (Å²) < 4.78 is 0.854. The molecule has 1 atom stereocenters. The SMILES string of the molecule is Cc1cc(Br)cc(C(=O)NC(CC(C)C)C(=O)N(C)C)c1. The van der Waals surface area contributed by atoms with E-state index in [-0.39, 0.29) is 11.8 Å². The average molecular weight is 355 g/mol. The molecule has 0 aliphatic heterocycles. The maximum Gasteiger partial charge on any atom is 0.251 e. The van der Waals surface area contributed by atoms with Crippen molar-refractivity contribution in [3.8, 4) is 0 Å². The van der Waals surface area contributed by atoms with Gasteiger partial charge in [-0.25, -0.2) is 0 Å². The second-order valence-electron chi connectivity index (χ2n) is 5.91. The van der Waals surface area contributed by atoms with Crippen LogP contribution in [0.1, 0.15) is 36.2 Å². The Kier molecular flexibility index (Phi) is 6.40. The molecule has 0 bridgehead atoms. The molecule has 0 fully saturated rings. The standard InChI is InChI=1S/C16H23BrN2O2/c1-10(2)6-14(16(21)19(4)5)18-15(20)12-7-11(3)8-13(17)9-12/h7-10,14H,6H2,1-5H3,(H,18,20). The van der Waals surface area contributed by atoms with Gasteiger partial charge in [-0.05, 0) is 43.0 Å². The van der Waals surface area contributed by atoms with E-state index in [2.05, 4.69) is 21.2 Å². The first-order valence-corrected chi connectivity index (χ1v) is 7.79. The number of aryl methyl sites for hydroxylation is 1. The highest BCUT2D eigenvalue weighted by molar-refractivity contribution is 9.10. The monoisotopic (exact) mass is 354 g/mol. The molecule has 1 rings (SSSR count). The fourth-order valence-corrected chi connectivity index (χ4v) is 2.72. The van der Waals surface area contributed by atoms with Gasteiger partial charge in [-0.3, -0.25) is 9.59 Å². The third-order valence-corrected chi connectivity index (χ3v) is 3.51. The molecule has 2 amide bonds. The lowest BCUT2D eigenvalue weighted by molar-refractivity contribution is -0.131. The van der Waals surface area contributed by atoms with Crippen LogP contribution in [0.5, 0.6) is 0 Å². The van der Waals surface area contributed by atoms with E-state index in [0.717, 1.165) is 10.0 Å². The number of amides is 2. The molecule has 1 N–H and O–H groups in total. The average Bonchev–Trinajstić information content (AvgIpc) is 2.35. The molecule has 0 heterocycles. The summed E-state index contributed by atoms with van der Waals surface area (Å²) in [4.78, 5) is 26.1. The number of carbonyl (C=O) groups excluding carboxylic acids is 2. The van der Waals surface area contributed by atoms with Gasteiger partial charge in [0.25, 0.3) is 5.91 Å². The minimum atomic E-state index is -0.494. The van der Waals surface area contributed by atoms with Gasteiger partial charge in [-0.2, -0.15) is 0 Å². The lowest BCUT2D eigenvalue weighted by atomic mass is 10.0. The fraction of sp³-hybridized carbons (Fsp3) is 0.500. The molecule has 0 aromatic heterocycles. The zero-order valence-electron chi connectivity index (χ0n) is 13.2. The Morgan fingerprint density at radius 1 is 1.24 bits per heavy atom. The summed E-state index contributed by atoms with van der Waals surface area (Å²) in [6.07, 6.45) is 0.621. The fourth-order valence-electron chi connectivity index (χ4n) is 2.11. The summed E-state index contributed by atoms with van der Waals surface area (Å²) in [6.45, 7) is 5.99. The van der Waals surface area contributed by atoms with Gasteiger partial charge in [-0.1, -0.05) is 29.8 Å². The Hall–Kier alpha value is -1.36. The van der Waals surface area contributed by atoms with E-state index in [0.29, 0.717) is 17.9 Å². The smallest absolute Gasteiger partial charge is 0.251 e. The van der Waals surface area contributed by atoms with Gasteiger partial charge in [0.15, 0.2) is 0 Å². The number of nitrogens with one attached hydrogen (secondary N) is 1. The summed E-state index contributed by atoms with van der Waals surface area (Å²) in [5.41, 5.74) is 1.55. The predicted molar refractivity (Wildman–Crippen MR) is 88.3 cm³/mol. The van der Waals surface area contributed by atoms with Crippen molar-refractivity contribution in [3.63, 3.8) is 0 Å². The van der Waals surface area contributed by atoms with Gasteiger partial charge < -0.3 is 10.2 Å². The Bertz CT molecular complexity index is 507. The van der Waals surface area contributed by atoms with E-state index < -0.39 is 6.04 Å². The summed E-state index contributed by atoms with van der Waals surface area (Å²) in [6, 6.07) is 5.02. The van der Waals surface area contributed by atoms with Crippen molar-refractivity contribution in [2.75, 3.05) is 14.1 Å². The molecule has 0 aliphatic rings. The Balaban J connectivity index is 2.91. The molecule has 0 spiro atoms. The first kappa shape index (κ1) is 17.7. The van der Waals surface area contributed by atoms with Crippen molar-refractivity contribution in [1.82, 2.24) is 10.2 Å². The van der Waals surface area contributed by atoms with Gasteiger partial charge in [0.05, 0.1) is 0 Å². The molecule has 1 aromatic carbocycles. The Morgan fingerprint density at radius 3 is 2.33 bits per heavy atom. The highest BCUT2D eigenvalue weighted by Crippen LogP contribution is 2.16. The van der Waals surface area contributed by atoms with Crippen molar-refractivity contribution < 1.29 is 9.59 Å². The van der Waals surface area contributed by atoms with Gasteiger partial charge in [0, 0.05) is 24.1 Å². The zero-order chi connectivity index (χ0) is 16.2. The van der Waals surface area contributed by atoms with Gasteiger partial charge >= 0.3 is 0 Å². The quantitative estimate of drug-likeness (QED) is 0.883. The van der Waals surface area contributed by atoms with Crippen LogP contribution in [0.2, 0.25) is 0 Å². The van der Waals surface area contributed by atoms with Crippen LogP contribution in [0, 0.1) is 12.8 Å². The molecule has 0 saturated carbocycles. The van der Waals surface area contributed by atoms with Crippen LogP contribution in [-0.2, 0) is 4.79 Å². The second kappa shape index (κ2) is 7.59. The molecule has 0 radical (unpaired) electrons. The summed E-state index contributed by atoms with van der Waals surface area (Å²) in [7, 11) is 3.40. The third kappa shape index (κ3) is 5.50. The number of carbonyl (C=O) groups is 2. The number of likely N-dealkylation sites (N-methyl/N-ethyl adjacent to an activating group) is 1. The molecule has 1 aromatic rings. The van der Waals surface area contributed by atoms with E-state index >= 15 is 0 Å². The van der Waals surface area contributed by atoms with Crippen LogP contribution in [0.4, 0.5) is 0 Å². The minimum absolute atomic E-state index is 0.0798. The highest BCUT2D eigenvalue weighted by atomic mass is 79.9. The van der Waals surface area contributed by atoms with Crippen LogP contribution in [-0.4, -0.2) is 36.9 Å². The predicted octanol–water partition coefficient (Wildman–Crippen LogP) is 2.99. The van der Waals surface area contributed by atoms with E-state index in [4.69, 9.17) is 0 Å². The summed E-state index contributed by atoms with van der Waals surface area (Å²) in [5.74, 6) is 0.0208. The number of hydrogen-bond donors (Lipinski definition) is 1. The lowest BCUT2D eigenvalue weighted by Gasteiger charge is -2.23. The van der Waals surface area contributed by atoms with Gasteiger partial charge in [0.2, 0.25) is 5.91 Å². The first-order chi connectivity index (χ1) is 9.70. The maximum absolute atomic E-state index is 12.4. The molecular formula is C16H23BrN2O2. The number of hydrogen-bond acceptors (Lipinski definition) is 2. The minimum Gasteiger partial charge on any atom is -0.347 e. The molecule has 4 nitrogen and oxygen atoms in total. The molecular weight excluding hydrogens is 332 g/mol. The van der Waals surface area contributed by atoms with Crippen molar-refractivity contribution in [1.29, 1.82) is 0 Å². The summed E-state index contributed by atoms with van der Waals surface area (Å²) >= 11 is 3.38. The molecule has 5 heteroatoms. The lowest BCUT2D eigenvalue weighted by Crippen LogP contribution is -2.46. The van der Waals surface area contributed by atoms with Crippen LogP contribution in [0.3, 0.4) is 0 Å². The van der Waals surface area contributed by atoms with Crippen LogP contribution in [0.25, 0.3) is 0 Å². The van der Waals surface area contributed by atoms with E-state index in [1.54, 1.807) is 20.2 Å². The van der Waals surface area contributed by atoms with Crippen molar-refractivity contribution in [2.24, 2.45) is 5.92 Å². The molecule has 0 aliphatic carbocycles. The van der Waals surface area contributed by atoms with E-state index in [9.17, 15) is 9.59 Å². The van der Waals surface area contributed by atoms with Gasteiger partial charge in [0.1, 0.15) is 6.04 Å². The van der Waals surface area contributed by atoms with Crippen LogP contribution in [0.15, 0.2) is 22.7 Å². The first-order valence-electron chi connectivity index (χ1n) is 7.00. The number of nitrogens with zero attached hydrogens (tertiary/aromatic N) is 1. The van der Waals surface area contributed by atoms with Crippen molar-refractivity contribution in [2.45, 2.75) is 33.2 Å². The van der Waals surface area contributed by atoms with Crippen LogP contribution >= 0.6 is 15.9 Å². The van der Waals surface area contributed by atoms with E-state index in [1.807, 2.05) is 32.9 Å². The normalized spacial score (nSPS) is 12.1. The zero-order valence-corrected chi connectivity index (χ0v) is 14.8. The third-order valence-electron chi connectivity index (χ3n) is 3.06. The second-order valence-corrected chi connectivity index (χ2v) is 6.82. The topological polar surface area (TPSA) is 49.4 Å². The Labute approximate surface area is 135 Å². The molecule has 0 saturated heterocycles. The van der Waals surface area contributed by atoms with E-state index in [1.165, 1.54) is 4.90 Å². The largest absolute Gasteiger partial charge is 0.347 e. The van der Waals surface area contributed by atoms with Crippen molar-refractivity contribution in [3.05, 3.63) is 33.8 Å². The molecule has 116 valence electrons. The highest BCUT2D eigenvalue weighted by Gasteiger charge is 2.24. The summed E-state index contributed by atoms with van der Waals surface area (Å²) in [5, 5.41) is 2.85. The van der Waals surface area contributed by atoms with Crippen LogP contribution < -0.4 is 5.32 Å². The Morgan fingerprint density at radius 2 is 1.86 bits per heavy atom.